The largest absolute Gasteiger partial charge is 0.465 e. The minimum absolute atomic E-state index is 0.101. The number of alkyl carbamates (subject to hydrolysis) is 1. The number of rotatable bonds is 5. The minimum atomic E-state index is -0.585. The number of nitrogens with one attached hydrogen (secondary N) is 1. The second-order valence-electron chi connectivity index (χ2n) is 10.4. The van der Waals surface area contributed by atoms with Crippen LogP contribution in [0.5, 0.6) is 0 Å². The molecule has 2 aromatic rings. The highest BCUT2D eigenvalue weighted by atomic mass is 16.6. The third-order valence-corrected chi connectivity index (χ3v) is 6.57. The van der Waals surface area contributed by atoms with E-state index in [0.717, 1.165) is 43.2 Å². The van der Waals surface area contributed by atoms with Crippen molar-refractivity contribution in [3.05, 3.63) is 70.8 Å². The highest BCUT2D eigenvalue weighted by molar-refractivity contribution is 5.89. The molecule has 0 heterocycles. The predicted molar refractivity (Wildman–Crippen MR) is 137 cm³/mol. The van der Waals surface area contributed by atoms with Gasteiger partial charge in [0.15, 0.2) is 0 Å². The van der Waals surface area contributed by atoms with Gasteiger partial charge in [-0.2, -0.15) is 0 Å². The normalized spacial score (nSPS) is 20.4. The summed E-state index contributed by atoms with van der Waals surface area (Å²) in [6.07, 6.45) is 4.03. The Labute approximate surface area is 213 Å². The van der Waals surface area contributed by atoms with Crippen LogP contribution in [0.4, 0.5) is 4.79 Å². The van der Waals surface area contributed by atoms with Gasteiger partial charge in [0.1, 0.15) is 5.60 Å². The van der Waals surface area contributed by atoms with Crippen molar-refractivity contribution >= 4 is 18.0 Å². The van der Waals surface area contributed by atoms with E-state index in [4.69, 9.17) is 14.2 Å². The number of amides is 1. The van der Waals surface area contributed by atoms with E-state index in [1.807, 2.05) is 45.0 Å². The van der Waals surface area contributed by atoms with Gasteiger partial charge in [0.05, 0.1) is 25.3 Å². The second-order valence-corrected chi connectivity index (χ2v) is 10.4. The van der Waals surface area contributed by atoms with Crippen molar-refractivity contribution in [1.29, 1.82) is 0 Å². The summed E-state index contributed by atoms with van der Waals surface area (Å²) in [4.78, 5) is 36.3. The fourth-order valence-electron chi connectivity index (χ4n) is 4.85. The average molecular weight is 496 g/mol. The van der Waals surface area contributed by atoms with Crippen LogP contribution >= 0.6 is 0 Å². The maximum atomic E-state index is 12.7. The van der Waals surface area contributed by atoms with E-state index in [9.17, 15) is 14.4 Å². The second kappa shape index (κ2) is 12.1. The molecule has 1 unspecified atom stereocenters. The minimum Gasteiger partial charge on any atom is -0.465 e. The summed E-state index contributed by atoms with van der Waals surface area (Å²) in [5, 5.41) is 3.11. The van der Waals surface area contributed by atoms with Gasteiger partial charge in [-0.3, -0.25) is 0 Å². The molecule has 0 saturated heterocycles. The summed E-state index contributed by atoms with van der Waals surface area (Å²) in [5.41, 5.74) is 2.73. The molecule has 36 heavy (non-hydrogen) atoms. The average Bonchev–Trinajstić information content (AvgIpc) is 2.83. The first-order chi connectivity index (χ1) is 17.1. The molecule has 0 aliphatic heterocycles. The summed E-state index contributed by atoms with van der Waals surface area (Å²) >= 11 is 0. The van der Waals surface area contributed by atoms with Gasteiger partial charge in [-0.1, -0.05) is 30.7 Å². The Morgan fingerprint density at radius 2 is 1.17 bits per heavy atom. The Hall–Kier alpha value is -3.35. The molecular weight excluding hydrogens is 458 g/mol. The van der Waals surface area contributed by atoms with Crippen LogP contribution in [0.2, 0.25) is 0 Å². The number of esters is 2. The van der Waals surface area contributed by atoms with Crippen molar-refractivity contribution in [2.75, 3.05) is 14.2 Å². The van der Waals surface area contributed by atoms with Gasteiger partial charge in [-0.25, -0.2) is 14.4 Å². The lowest BCUT2D eigenvalue weighted by Gasteiger charge is -2.32. The van der Waals surface area contributed by atoms with Gasteiger partial charge in [0.25, 0.3) is 0 Å². The van der Waals surface area contributed by atoms with Crippen molar-refractivity contribution in [3.63, 3.8) is 0 Å². The SMILES string of the molecule is COC(=O)c1ccc(C2CCC[C@H](c3ccc(C(=O)OC)cc3)C[C@H](NC(=O)OC(C)(C)C)C2)cc1. The van der Waals surface area contributed by atoms with E-state index in [1.165, 1.54) is 14.2 Å². The molecule has 3 rings (SSSR count). The zero-order valence-corrected chi connectivity index (χ0v) is 21.8. The lowest BCUT2D eigenvalue weighted by molar-refractivity contribution is 0.0490. The quantitative estimate of drug-likeness (QED) is 0.405. The van der Waals surface area contributed by atoms with Crippen molar-refractivity contribution in [2.24, 2.45) is 0 Å². The highest BCUT2D eigenvalue weighted by Gasteiger charge is 2.28. The number of methoxy groups -OCH3 is 2. The maximum Gasteiger partial charge on any atom is 0.407 e. The predicted octanol–water partition coefficient (Wildman–Crippen LogP) is 5.98. The van der Waals surface area contributed by atoms with Gasteiger partial charge >= 0.3 is 18.0 Å². The van der Waals surface area contributed by atoms with E-state index < -0.39 is 11.7 Å². The molecule has 7 heteroatoms. The zero-order chi connectivity index (χ0) is 26.3. The van der Waals surface area contributed by atoms with Crippen LogP contribution in [0.3, 0.4) is 0 Å². The Morgan fingerprint density at radius 1 is 0.750 bits per heavy atom. The summed E-state index contributed by atoms with van der Waals surface area (Å²) in [6, 6.07) is 15.0. The third-order valence-electron chi connectivity index (χ3n) is 6.57. The van der Waals surface area contributed by atoms with E-state index in [-0.39, 0.29) is 29.8 Å². The van der Waals surface area contributed by atoms with Gasteiger partial charge in [0.2, 0.25) is 0 Å². The standard InChI is InChI=1S/C29H37NO6/c1-29(2,3)36-28(33)30-25-17-23(19-9-13-21(14-10-19)26(31)34-4)7-6-8-24(18-25)20-11-15-22(16-12-20)27(32)35-5/h9-16,23-25H,6-8,17-18H2,1-5H3,(H,30,33)/t23-,24?,25-/m0/s1. The highest BCUT2D eigenvalue weighted by Crippen LogP contribution is 2.37. The summed E-state index contributed by atoms with van der Waals surface area (Å²) in [6.45, 7) is 5.55. The molecule has 194 valence electrons. The van der Waals surface area contributed by atoms with Gasteiger partial charge in [0, 0.05) is 6.04 Å². The molecule has 3 atom stereocenters. The lowest BCUT2D eigenvalue weighted by atomic mass is 9.78. The molecule has 1 N–H and O–H groups in total. The van der Waals surface area contributed by atoms with Crippen LogP contribution in [0, 0.1) is 0 Å². The molecule has 0 bridgehead atoms. The molecule has 0 radical (unpaired) electrons. The maximum absolute atomic E-state index is 12.7. The Bertz CT molecular complexity index is 969. The molecule has 2 aromatic carbocycles. The Balaban J connectivity index is 1.80. The van der Waals surface area contributed by atoms with Gasteiger partial charge in [-0.05, 0) is 93.7 Å². The van der Waals surface area contributed by atoms with E-state index in [2.05, 4.69) is 5.32 Å². The van der Waals surface area contributed by atoms with Crippen LogP contribution in [-0.4, -0.2) is 43.9 Å². The molecule has 1 fully saturated rings. The summed E-state index contributed by atoms with van der Waals surface area (Å²) < 4.78 is 15.2. The fourth-order valence-corrected chi connectivity index (χ4v) is 4.85. The van der Waals surface area contributed by atoms with Crippen LogP contribution in [0.15, 0.2) is 48.5 Å². The topological polar surface area (TPSA) is 90.9 Å². The van der Waals surface area contributed by atoms with Crippen molar-refractivity contribution < 1.29 is 28.6 Å². The molecule has 1 saturated carbocycles. The van der Waals surface area contributed by atoms with Crippen molar-refractivity contribution in [1.82, 2.24) is 5.32 Å². The van der Waals surface area contributed by atoms with Crippen LogP contribution < -0.4 is 5.32 Å². The number of carbonyl (C=O) groups is 3. The van der Waals surface area contributed by atoms with E-state index in [1.54, 1.807) is 24.3 Å². The van der Waals surface area contributed by atoms with Gasteiger partial charge in [-0.15, -0.1) is 0 Å². The van der Waals surface area contributed by atoms with E-state index >= 15 is 0 Å². The molecule has 1 aliphatic rings. The van der Waals surface area contributed by atoms with Crippen LogP contribution in [0.25, 0.3) is 0 Å². The number of hydrogen-bond donors (Lipinski definition) is 1. The Kier molecular flexibility index (Phi) is 9.13. The Morgan fingerprint density at radius 3 is 1.53 bits per heavy atom. The van der Waals surface area contributed by atoms with Crippen LogP contribution in [0.1, 0.15) is 96.6 Å². The van der Waals surface area contributed by atoms with E-state index in [0.29, 0.717) is 11.1 Å². The summed E-state index contributed by atoms with van der Waals surface area (Å²) in [7, 11) is 2.74. The first-order valence-corrected chi connectivity index (χ1v) is 12.5. The van der Waals surface area contributed by atoms with Crippen molar-refractivity contribution in [3.8, 4) is 0 Å². The lowest BCUT2D eigenvalue weighted by Crippen LogP contribution is -2.41. The molecule has 1 aliphatic carbocycles. The first-order valence-electron chi connectivity index (χ1n) is 12.5. The molecule has 0 aromatic heterocycles. The molecule has 7 nitrogen and oxygen atoms in total. The number of hydrogen-bond acceptors (Lipinski definition) is 6. The molecule has 0 spiro atoms. The molecule has 1 amide bonds. The third kappa shape index (κ3) is 7.57. The molecular formula is C29H37NO6. The van der Waals surface area contributed by atoms with Gasteiger partial charge < -0.3 is 19.5 Å². The number of ether oxygens (including phenoxy) is 3. The number of benzene rings is 2. The summed E-state index contributed by atoms with van der Waals surface area (Å²) in [5.74, 6) is -0.243. The smallest absolute Gasteiger partial charge is 0.407 e. The first kappa shape index (κ1) is 27.2. The zero-order valence-electron chi connectivity index (χ0n) is 21.8. The fraction of sp³-hybridized carbons (Fsp3) is 0.483. The number of carbonyl (C=O) groups excluding carboxylic acids is 3. The van der Waals surface area contributed by atoms with Crippen LogP contribution in [-0.2, 0) is 14.2 Å². The monoisotopic (exact) mass is 495 g/mol. The van der Waals surface area contributed by atoms with Crippen molar-refractivity contribution in [2.45, 2.75) is 76.4 Å².